The van der Waals surface area contributed by atoms with Crippen molar-refractivity contribution in [2.45, 2.75) is 70.4 Å². The minimum Gasteiger partial charge on any atom is -0.408 e. The summed E-state index contributed by atoms with van der Waals surface area (Å²) in [6.45, 7) is 12.4. The second-order valence-corrected chi connectivity index (χ2v) is 13.3. The van der Waals surface area contributed by atoms with Gasteiger partial charge in [-0.25, -0.2) is 4.79 Å². The third-order valence-corrected chi connectivity index (χ3v) is 10.1. The predicted molar refractivity (Wildman–Crippen MR) is 104 cm³/mol. The second kappa shape index (κ2) is 7.59. The van der Waals surface area contributed by atoms with Gasteiger partial charge >= 0.3 is 5.69 Å². The Balaban J connectivity index is 2.42. The first-order chi connectivity index (χ1) is 11.9. The summed E-state index contributed by atoms with van der Waals surface area (Å²) < 4.78 is 19.6. The van der Waals surface area contributed by atoms with Crippen LogP contribution in [0.25, 0.3) is 0 Å². The van der Waals surface area contributed by atoms with Crippen LogP contribution in [-0.2, 0) is 13.9 Å². The number of rotatable bonds is 5. The number of aromatic amines is 1. The highest BCUT2D eigenvalue weighted by molar-refractivity contribution is 6.74. The summed E-state index contributed by atoms with van der Waals surface area (Å²) in [6.07, 6.45) is -0.572. The van der Waals surface area contributed by atoms with E-state index in [1.165, 1.54) is 10.8 Å². The lowest BCUT2D eigenvalue weighted by atomic mass is 10.1. The van der Waals surface area contributed by atoms with Gasteiger partial charge in [-0.1, -0.05) is 20.8 Å². The Morgan fingerprint density at radius 3 is 2.42 bits per heavy atom. The van der Waals surface area contributed by atoms with Gasteiger partial charge in [0.1, 0.15) is 18.3 Å². The van der Waals surface area contributed by atoms with E-state index in [4.69, 9.17) is 25.5 Å². The van der Waals surface area contributed by atoms with Gasteiger partial charge in [0.05, 0.1) is 5.88 Å². The fourth-order valence-electron chi connectivity index (χ4n) is 2.74. The number of nitrogens with one attached hydrogen (secondary N) is 1. The van der Waals surface area contributed by atoms with Crippen LogP contribution in [0.15, 0.2) is 15.8 Å². The molecule has 1 N–H and O–H groups in total. The summed E-state index contributed by atoms with van der Waals surface area (Å²) in [7, 11) is -0.555. The molecule has 0 spiro atoms. The molecule has 2 rings (SSSR count). The highest BCUT2D eigenvalue weighted by Crippen LogP contribution is 2.41. The third-order valence-electron chi connectivity index (χ3n) is 5.37. The highest BCUT2D eigenvalue weighted by atomic mass is 35.5. The Kier molecular flexibility index (Phi) is 6.24. The molecule has 1 aromatic rings. The molecule has 7 nitrogen and oxygen atoms in total. The van der Waals surface area contributed by atoms with Crippen LogP contribution < -0.4 is 11.2 Å². The van der Waals surface area contributed by atoms with E-state index in [1.807, 2.05) is 0 Å². The number of ether oxygens (including phenoxy) is 2. The van der Waals surface area contributed by atoms with Crippen molar-refractivity contribution in [3.05, 3.63) is 32.6 Å². The number of hydrogen-bond donors (Lipinski definition) is 1. The fourth-order valence-corrected chi connectivity index (χ4v) is 4.31. The number of methoxy groups -OCH3 is 1. The summed E-state index contributed by atoms with van der Waals surface area (Å²) in [5.41, 5.74) is -0.547. The van der Waals surface area contributed by atoms with Gasteiger partial charge in [-0.05, 0) is 25.1 Å². The minimum absolute atomic E-state index is 0.00561. The van der Waals surface area contributed by atoms with Gasteiger partial charge < -0.3 is 13.9 Å². The van der Waals surface area contributed by atoms with Crippen LogP contribution in [0.3, 0.4) is 0 Å². The lowest BCUT2D eigenvalue weighted by molar-refractivity contribution is -0.0508. The van der Waals surface area contributed by atoms with Crippen molar-refractivity contribution in [3.63, 3.8) is 0 Å². The van der Waals surface area contributed by atoms with Crippen molar-refractivity contribution in [1.29, 1.82) is 0 Å². The van der Waals surface area contributed by atoms with Crippen molar-refractivity contribution in [1.82, 2.24) is 9.55 Å². The molecule has 9 heteroatoms. The molecule has 0 saturated carbocycles. The Hall–Kier alpha value is -0.933. The van der Waals surface area contributed by atoms with Crippen LogP contribution in [0.5, 0.6) is 0 Å². The molecule has 1 aliphatic heterocycles. The van der Waals surface area contributed by atoms with Gasteiger partial charge in [-0.15, -0.1) is 11.6 Å². The topological polar surface area (TPSA) is 82.6 Å². The molecule has 148 valence electrons. The number of alkyl halides is 1. The molecule has 2 heterocycles. The van der Waals surface area contributed by atoms with Gasteiger partial charge in [0.25, 0.3) is 5.56 Å². The molecule has 1 fully saturated rings. The van der Waals surface area contributed by atoms with Crippen molar-refractivity contribution >= 4 is 19.9 Å². The Morgan fingerprint density at radius 2 is 1.92 bits per heavy atom. The number of halogens is 1. The molecule has 1 aliphatic rings. The molecule has 0 bridgehead atoms. The lowest BCUT2D eigenvalue weighted by Crippen LogP contribution is -2.50. The summed E-state index contributed by atoms with van der Waals surface area (Å²) in [5.74, 6) is 0.215. The lowest BCUT2D eigenvalue weighted by Gasteiger charge is -2.40. The summed E-state index contributed by atoms with van der Waals surface area (Å²) in [6, 6.07) is 0. The molecule has 1 aromatic heterocycles. The molecule has 0 amide bonds. The molecular weight excluding hydrogens is 376 g/mol. The maximum Gasteiger partial charge on any atom is 0.330 e. The van der Waals surface area contributed by atoms with E-state index in [1.54, 1.807) is 14.0 Å². The quantitative estimate of drug-likeness (QED) is 0.601. The summed E-state index contributed by atoms with van der Waals surface area (Å²) in [4.78, 5) is 26.3. The van der Waals surface area contributed by atoms with E-state index >= 15 is 0 Å². The van der Waals surface area contributed by atoms with E-state index in [9.17, 15) is 9.59 Å². The van der Waals surface area contributed by atoms with Crippen molar-refractivity contribution in [2.24, 2.45) is 0 Å². The van der Waals surface area contributed by atoms with Crippen LogP contribution in [0, 0.1) is 6.92 Å². The Labute approximate surface area is 159 Å². The highest BCUT2D eigenvalue weighted by Gasteiger charge is 2.51. The average molecular weight is 405 g/mol. The van der Waals surface area contributed by atoms with Crippen molar-refractivity contribution < 1.29 is 13.9 Å². The van der Waals surface area contributed by atoms with Gasteiger partial charge in [0.15, 0.2) is 14.5 Å². The first-order valence-corrected chi connectivity index (χ1v) is 12.1. The normalized spacial score (nSPS) is 27.1. The molecule has 4 atom stereocenters. The van der Waals surface area contributed by atoms with Crippen LogP contribution >= 0.6 is 11.6 Å². The molecule has 1 saturated heterocycles. The maximum atomic E-state index is 12.3. The Morgan fingerprint density at radius 1 is 1.31 bits per heavy atom. The zero-order chi connectivity index (χ0) is 19.9. The summed E-state index contributed by atoms with van der Waals surface area (Å²) >= 11 is 6.13. The minimum atomic E-state index is -2.11. The molecule has 26 heavy (non-hydrogen) atoms. The standard InChI is InChI=1S/C17H29ClN2O5Si/c1-10-9-20(16(22)19-14(10)21)15-13(23-5)12(11(8-18)24-15)25-26(6,7)17(2,3)4/h9,11-13,15H,8H2,1-7H3,(H,19,21,22)/t11-,12-,13-,15-/m1/s1. The fraction of sp³-hybridized carbons (Fsp3) is 0.765. The number of aromatic nitrogens is 2. The van der Waals surface area contributed by atoms with Crippen LogP contribution in [0.4, 0.5) is 0 Å². The summed E-state index contributed by atoms with van der Waals surface area (Å²) in [5, 5.41) is 0.00561. The van der Waals surface area contributed by atoms with Gasteiger partial charge in [0, 0.05) is 18.9 Å². The zero-order valence-corrected chi connectivity index (χ0v) is 18.2. The van der Waals surface area contributed by atoms with E-state index < -0.39 is 44.1 Å². The average Bonchev–Trinajstić information content (AvgIpc) is 2.86. The van der Waals surface area contributed by atoms with Crippen molar-refractivity contribution in [3.8, 4) is 0 Å². The van der Waals surface area contributed by atoms with Gasteiger partial charge in [-0.2, -0.15) is 0 Å². The van der Waals surface area contributed by atoms with Crippen LogP contribution in [0.2, 0.25) is 18.1 Å². The van der Waals surface area contributed by atoms with Gasteiger partial charge in [-0.3, -0.25) is 14.3 Å². The molecule has 0 aliphatic carbocycles. The number of H-pyrrole nitrogens is 1. The number of aryl methyl sites for hydroxylation is 1. The maximum absolute atomic E-state index is 12.3. The third kappa shape index (κ3) is 3.99. The van der Waals surface area contributed by atoms with E-state index in [2.05, 4.69) is 38.8 Å². The van der Waals surface area contributed by atoms with E-state index in [-0.39, 0.29) is 10.9 Å². The van der Waals surface area contributed by atoms with Crippen LogP contribution in [-0.4, -0.2) is 49.2 Å². The second-order valence-electron chi connectivity index (χ2n) is 8.24. The first-order valence-electron chi connectivity index (χ1n) is 8.67. The molecule has 0 unspecified atom stereocenters. The smallest absolute Gasteiger partial charge is 0.330 e. The van der Waals surface area contributed by atoms with E-state index in [0.717, 1.165) is 0 Å². The van der Waals surface area contributed by atoms with Crippen LogP contribution in [0.1, 0.15) is 32.6 Å². The van der Waals surface area contributed by atoms with E-state index in [0.29, 0.717) is 5.56 Å². The number of hydrogen-bond acceptors (Lipinski definition) is 5. The monoisotopic (exact) mass is 404 g/mol. The number of nitrogens with zero attached hydrogens (tertiary/aromatic N) is 1. The predicted octanol–water partition coefficient (Wildman–Crippen LogP) is 2.39. The zero-order valence-electron chi connectivity index (χ0n) is 16.5. The van der Waals surface area contributed by atoms with Gasteiger partial charge in [0.2, 0.25) is 0 Å². The largest absolute Gasteiger partial charge is 0.408 e. The Bertz CT molecular complexity index is 755. The SMILES string of the molecule is CO[C@@H]1[C@H](O[Si](C)(C)C(C)(C)C)[C@@H](CCl)O[C@H]1n1cc(C)c(=O)[nH]c1=O. The molecular formula is C17H29ClN2O5Si. The molecule has 0 aromatic carbocycles. The molecule has 0 radical (unpaired) electrons. The first kappa shape index (κ1) is 21.4. The van der Waals surface area contributed by atoms with Crippen molar-refractivity contribution in [2.75, 3.05) is 13.0 Å².